The number of benzene rings is 1. The van der Waals surface area contributed by atoms with Crippen LogP contribution in [0.25, 0.3) is 0 Å². The van der Waals surface area contributed by atoms with Crippen LogP contribution in [0.15, 0.2) is 18.2 Å². The normalized spacial score (nSPS) is 14.6. The molecule has 0 radical (unpaired) electrons. The van der Waals surface area contributed by atoms with Crippen molar-refractivity contribution in [1.29, 1.82) is 0 Å². The average Bonchev–Trinajstić information content (AvgIpc) is 2.31. The van der Waals surface area contributed by atoms with E-state index < -0.39 is 0 Å². The molecule has 1 aromatic rings. The highest BCUT2D eigenvalue weighted by atomic mass is 35.5. The number of likely N-dealkylation sites (N-methyl/N-ethyl adjacent to an activating group) is 1. The lowest BCUT2D eigenvalue weighted by molar-refractivity contribution is 0.410. The van der Waals surface area contributed by atoms with Gasteiger partial charge in [-0.05, 0) is 43.5 Å². The lowest BCUT2D eigenvalue weighted by atomic mass is 9.95. The summed E-state index contributed by atoms with van der Waals surface area (Å²) in [4.78, 5) is 0. The van der Waals surface area contributed by atoms with Crippen LogP contribution in [0.3, 0.4) is 0 Å². The van der Waals surface area contributed by atoms with Crippen LogP contribution >= 0.6 is 11.6 Å². The average molecular weight is 258 g/mol. The minimum absolute atomic E-state index is 0.276. The third-order valence-electron chi connectivity index (χ3n) is 3.27. The molecule has 0 saturated carbocycles. The van der Waals surface area contributed by atoms with Crippen LogP contribution in [0.4, 0.5) is 4.39 Å². The zero-order valence-electron chi connectivity index (χ0n) is 10.8. The van der Waals surface area contributed by atoms with Crippen molar-refractivity contribution in [3.63, 3.8) is 0 Å². The van der Waals surface area contributed by atoms with Crippen molar-refractivity contribution in [3.8, 4) is 0 Å². The molecule has 0 aliphatic rings. The molecule has 0 aliphatic carbocycles. The minimum Gasteiger partial charge on any atom is -0.317 e. The van der Waals surface area contributed by atoms with Crippen molar-refractivity contribution < 1.29 is 4.39 Å². The molecule has 0 saturated heterocycles. The molecule has 17 heavy (non-hydrogen) atoms. The molecule has 1 rings (SSSR count). The highest BCUT2D eigenvalue weighted by Crippen LogP contribution is 2.21. The molecule has 0 fully saturated rings. The topological polar surface area (TPSA) is 12.0 Å². The van der Waals surface area contributed by atoms with Crippen LogP contribution in [-0.4, -0.2) is 13.1 Å². The predicted molar refractivity (Wildman–Crippen MR) is 72.0 cm³/mol. The van der Waals surface area contributed by atoms with Gasteiger partial charge in [-0.1, -0.05) is 37.9 Å². The summed E-state index contributed by atoms with van der Waals surface area (Å²) in [7, 11) is 1.96. The van der Waals surface area contributed by atoms with Crippen LogP contribution < -0.4 is 5.32 Å². The predicted octanol–water partition coefficient (Wildman–Crippen LogP) is 4.05. The lowest BCUT2D eigenvalue weighted by Gasteiger charge is -2.20. The van der Waals surface area contributed by atoms with Crippen LogP contribution in [0.5, 0.6) is 0 Å². The quantitative estimate of drug-likeness (QED) is 0.811. The van der Waals surface area contributed by atoms with Crippen molar-refractivity contribution in [2.75, 3.05) is 7.05 Å². The monoisotopic (exact) mass is 257 g/mol. The summed E-state index contributed by atoms with van der Waals surface area (Å²) in [6, 6.07) is 5.02. The van der Waals surface area contributed by atoms with Crippen LogP contribution in [0, 0.1) is 11.7 Å². The van der Waals surface area contributed by atoms with E-state index in [4.69, 9.17) is 11.6 Å². The van der Waals surface area contributed by atoms with E-state index >= 15 is 0 Å². The Kier molecular flexibility index (Phi) is 5.93. The van der Waals surface area contributed by atoms with E-state index in [1.54, 1.807) is 6.07 Å². The maximum atomic E-state index is 12.9. The first kappa shape index (κ1) is 14.5. The van der Waals surface area contributed by atoms with Crippen LogP contribution in [0.1, 0.15) is 32.3 Å². The SMILES string of the molecule is CCC(C)CC(Cc1ccc(F)cc1Cl)NC. The van der Waals surface area contributed by atoms with E-state index in [0.717, 1.165) is 18.4 Å². The number of hydrogen-bond donors (Lipinski definition) is 1. The highest BCUT2D eigenvalue weighted by molar-refractivity contribution is 6.31. The third-order valence-corrected chi connectivity index (χ3v) is 3.63. The Morgan fingerprint density at radius 3 is 2.65 bits per heavy atom. The van der Waals surface area contributed by atoms with Gasteiger partial charge in [-0.15, -0.1) is 0 Å². The van der Waals surface area contributed by atoms with E-state index in [-0.39, 0.29) is 5.82 Å². The molecule has 0 heterocycles. The first-order valence-corrected chi connectivity index (χ1v) is 6.55. The molecule has 3 heteroatoms. The first-order valence-electron chi connectivity index (χ1n) is 6.18. The van der Waals surface area contributed by atoms with Gasteiger partial charge < -0.3 is 5.32 Å². The van der Waals surface area contributed by atoms with Gasteiger partial charge in [0.05, 0.1) is 0 Å². The molecule has 1 nitrogen and oxygen atoms in total. The molecule has 0 amide bonds. The van der Waals surface area contributed by atoms with Gasteiger partial charge in [0.25, 0.3) is 0 Å². The highest BCUT2D eigenvalue weighted by Gasteiger charge is 2.13. The molecule has 0 aromatic heterocycles. The molecule has 2 unspecified atom stereocenters. The Morgan fingerprint density at radius 1 is 1.41 bits per heavy atom. The van der Waals surface area contributed by atoms with Gasteiger partial charge in [0.2, 0.25) is 0 Å². The maximum Gasteiger partial charge on any atom is 0.124 e. The maximum absolute atomic E-state index is 12.9. The summed E-state index contributed by atoms with van der Waals surface area (Å²) < 4.78 is 12.9. The van der Waals surface area contributed by atoms with Crippen molar-refractivity contribution in [3.05, 3.63) is 34.6 Å². The third kappa shape index (κ3) is 4.64. The second kappa shape index (κ2) is 6.97. The molecule has 0 spiro atoms. The minimum atomic E-state index is -0.276. The lowest BCUT2D eigenvalue weighted by Crippen LogP contribution is -2.29. The molecule has 1 aromatic carbocycles. The fourth-order valence-electron chi connectivity index (χ4n) is 1.91. The zero-order chi connectivity index (χ0) is 12.8. The van der Waals surface area contributed by atoms with Crippen molar-refractivity contribution in [1.82, 2.24) is 5.32 Å². The Labute approximate surface area is 108 Å². The van der Waals surface area contributed by atoms with Crippen LogP contribution in [0.2, 0.25) is 5.02 Å². The molecule has 1 N–H and O–H groups in total. The largest absolute Gasteiger partial charge is 0.317 e. The summed E-state index contributed by atoms with van der Waals surface area (Å²) in [5.74, 6) is 0.411. The van der Waals surface area contributed by atoms with Crippen LogP contribution in [-0.2, 0) is 6.42 Å². The summed E-state index contributed by atoms with van der Waals surface area (Å²) in [6.45, 7) is 4.44. The van der Waals surface area contributed by atoms with E-state index in [2.05, 4.69) is 19.2 Å². The van der Waals surface area contributed by atoms with Gasteiger partial charge in [0, 0.05) is 11.1 Å². The molecule has 0 aliphatic heterocycles. The Bertz CT molecular complexity index is 354. The van der Waals surface area contributed by atoms with Gasteiger partial charge in [-0.3, -0.25) is 0 Å². The first-order chi connectivity index (χ1) is 8.06. The second-order valence-corrected chi connectivity index (χ2v) is 5.08. The van der Waals surface area contributed by atoms with Crippen molar-refractivity contribution >= 4 is 11.6 Å². The number of halogens is 2. The van der Waals surface area contributed by atoms with E-state index in [1.165, 1.54) is 18.6 Å². The van der Waals surface area contributed by atoms with E-state index in [9.17, 15) is 4.39 Å². The fraction of sp³-hybridized carbons (Fsp3) is 0.571. The van der Waals surface area contributed by atoms with Crippen molar-refractivity contribution in [2.45, 2.75) is 39.2 Å². The molecular weight excluding hydrogens is 237 g/mol. The molecular formula is C14H21ClFN. The van der Waals surface area contributed by atoms with Gasteiger partial charge in [0.1, 0.15) is 5.82 Å². The standard InChI is InChI=1S/C14H21ClFN/c1-4-10(2)7-13(17-3)8-11-5-6-12(16)9-14(11)15/h5-6,9-10,13,17H,4,7-8H2,1-3H3. The second-order valence-electron chi connectivity index (χ2n) is 4.67. The summed E-state index contributed by atoms with van der Waals surface area (Å²) in [5.41, 5.74) is 1.01. The van der Waals surface area contributed by atoms with Gasteiger partial charge in [0.15, 0.2) is 0 Å². The Hall–Kier alpha value is -0.600. The van der Waals surface area contributed by atoms with Gasteiger partial charge in [-0.25, -0.2) is 4.39 Å². The van der Waals surface area contributed by atoms with Gasteiger partial charge in [-0.2, -0.15) is 0 Å². The fourth-order valence-corrected chi connectivity index (χ4v) is 2.15. The Balaban J connectivity index is 2.67. The smallest absolute Gasteiger partial charge is 0.124 e. The molecule has 0 bridgehead atoms. The molecule has 2 atom stereocenters. The van der Waals surface area contributed by atoms with Crippen molar-refractivity contribution in [2.24, 2.45) is 5.92 Å². The van der Waals surface area contributed by atoms with Gasteiger partial charge >= 0.3 is 0 Å². The summed E-state index contributed by atoms with van der Waals surface area (Å²) >= 11 is 6.03. The summed E-state index contributed by atoms with van der Waals surface area (Å²) in [5, 5.41) is 3.83. The molecule has 96 valence electrons. The number of hydrogen-bond acceptors (Lipinski definition) is 1. The van der Waals surface area contributed by atoms with E-state index in [1.807, 2.05) is 7.05 Å². The Morgan fingerprint density at radius 2 is 2.12 bits per heavy atom. The van der Waals surface area contributed by atoms with E-state index in [0.29, 0.717) is 17.0 Å². The zero-order valence-corrected chi connectivity index (χ0v) is 11.5. The number of rotatable bonds is 6. The number of nitrogens with one attached hydrogen (secondary N) is 1. The summed E-state index contributed by atoms with van der Waals surface area (Å²) in [6.07, 6.45) is 3.13.